The van der Waals surface area contributed by atoms with Crippen LogP contribution < -0.4 is 21.0 Å². The second kappa shape index (κ2) is 3.97. The molecule has 0 nitrogen and oxygen atoms in total. The van der Waals surface area contributed by atoms with Crippen molar-refractivity contribution in [3.8, 4) is 0 Å². The zero-order valence-corrected chi connectivity index (χ0v) is 6.40. The van der Waals surface area contributed by atoms with E-state index in [9.17, 15) is 0 Å². The summed E-state index contributed by atoms with van der Waals surface area (Å²) in [5.74, 6) is 0. The van der Waals surface area contributed by atoms with Gasteiger partial charge in [-0.1, -0.05) is 0 Å². The molecule has 0 spiro atoms. The third kappa shape index (κ3) is 3.00. The summed E-state index contributed by atoms with van der Waals surface area (Å²) in [6.07, 6.45) is 1.25. The third-order valence-corrected chi connectivity index (χ3v) is 2.89. The van der Waals surface area contributed by atoms with E-state index in [2.05, 4.69) is 13.8 Å². The molecule has 0 N–H and O–H groups in total. The molecule has 0 bridgehead atoms. The van der Waals surface area contributed by atoms with E-state index in [0.29, 0.717) is 0 Å². The van der Waals surface area contributed by atoms with E-state index in [1.807, 2.05) is 0 Å². The summed E-state index contributed by atoms with van der Waals surface area (Å²) in [6, 6.07) is 0. The Morgan fingerprint density at radius 3 is 2.33 bits per heavy atom. The molecule has 0 saturated heterocycles. The van der Waals surface area contributed by atoms with Gasteiger partial charge < -0.3 is 0 Å². The SMILES string of the molecule is [B][I-]C(C)CC. The maximum atomic E-state index is 5.39. The van der Waals surface area contributed by atoms with Crippen molar-refractivity contribution in [3.05, 3.63) is 0 Å². The average molecular weight is 195 g/mol. The number of alkyl halides is 1. The quantitative estimate of drug-likeness (QED) is 0.270. The Bertz CT molecular complexity index is 26.7. The molecule has 0 aromatic heterocycles. The standard InChI is InChI=1S/C4H9BI/c1-3-4(2)6-5/h4H,3H2,1-2H3/q-1. The van der Waals surface area contributed by atoms with Crippen LogP contribution in [0.5, 0.6) is 0 Å². The molecule has 0 aromatic rings. The monoisotopic (exact) mass is 195 g/mol. The molecule has 0 saturated carbocycles. The van der Waals surface area contributed by atoms with Crippen molar-refractivity contribution in [1.29, 1.82) is 0 Å². The van der Waals surface area contributed by atoms with Crippen molar-refractivity contribution < 1.29 is 21.0 Å². The minimum atomic E-state index is 0.0446. The van der Waals surface area contributed by atoms with Crippen LogP contribution in [0.2, 0.25) is 0 Å². The van der Waals surface area contributed by atoms with Gasteiger partial charge in [0.2, 0.25) is 0 Å². The second-order valence-corrected chi connectivity index (χ2v) is 4.16. The number of hydrogen-bond donors (Lipinski definition) is 0. The molecular formula is C4H9BI-. The van der Waals surface area contributed by atoms with Crippen LogP contribution in [0.25, 0.3) is 0 Å². The van der Waals surface area contributed by atoms with Gasteiger partial charge in [-0.3, -0.25) is 0 Å². The van der Waals surface area contributed by atoms with E-state index in [4.69, 9.17) is 5.70 Å². The summed E-state index contributed by atoms with van der Waals surface area (Å²) in [7, 11) is 0. The minimum absolute atomic E-state index is 0.0446. The topological polar surface area (TPSA) is 0 Å². The molecule has 0 aliphatic rings. The number of rotatable bonds is 2. The van der Waals surface area contributed by atoms with Gasteiger partial charge in [0.1, 0.15) is 0 Å². The van der Waals surface area contributed by atoms with Gasteiger partial charge in [-0.2, -0.15) is 0 Å². The first-order chi connectivity index (χ1) is 2.81. The van der Waals surface area contributed by atoms with Crippen LogP contribution >= 0.6 is 0 Å². The first-order valence-corrected chi connectivity index (χ1v) is 4.62. The normalized spacial score (nSPS) is 15.0. The first-order valence-electron chi connectivity index (χ1n) is 2.13. The maximum absolute atomic E-state index is 5.39. The van der Waals surface area contributed by atoms with Crippen LogP contribution in [0.15, 0.2) is 0 Å². The predicted octanol–water partition coefficient (Wildman–Crippen LogP) is -2.04. The molecule has 0 aliphatic heterocycles. The number of hydrogen-bond acceptors (Lipinski definition) is 0. The van der Waals surface area contributed by atoms with E-state index >= 15 is 0 Å². The number of halogens is 1. The van der Waals surface area contributed by atoms with Crippen molar-refractivity contribution in [2.24, 2.45) is 0 Å². The Hall–Kier alpha value is 0.795. The van der Waals surface area contributed by atoms with Gasteiger partial charge in [-0.15, -0.1) is 0 Å². The molecule has 1 atom stereocenters. The second-order valence-electron chi connectivity index (χ2n) is 1.32. The first kappa shape index (κ1) is 6.79. The van der Waals surface area contributed by atoms with E-state index in [1.54, 1.807) is 0 Å². The zero-order valence-electron chi connectivity index (χ0n) is 4.24. The van der Waals surface area contributed by atoms with Crippen LogP contribution in [0.1, 0.15) is 20.3 Å². The molecule has 0 amide bonds. The zero-order chi connectivity index (χ0) is 4.99. The molecule has 0 heterocycles. The van der Waals surface area contributed by atoms with Gasteiger partial charge in [-0.25, -0.2) is 0 Å². The van der Waals surface area contributed by atoms with Crippen molar-refractivity contribution >= 4 is 5.70 Å². The van der Waals surface area contributed by atoms with E-state index in [-0.39, 0.29) is 21.0 Å². The van der Waals surface area contributed by atoms with Crippen LogP contribution in [-0.4, -0.2) is 9.63 Å². The van der Waals surface area contributed by atoms with Crippen LogP contribution in [0.3, 0.4) is 0 Å². The van der Waals surface area contributed by atoms with Gasteiger partial charge in [0, 0.05) is 0 Å². The Balaban J connectivity index is 2.75. The molecule has 2 radical (unpaired) electrons. The van der Waals surface area contributed by atoms with Crippen molar-refractivity contribution in [3.63, 3.8) is 0 Å². The molecule has 0 rings (SSSR count). The summed E-state index contributed by atoms with van der Waals surface area (Å²) >= 11 is 0.0446. The molecule has 2 heteroatoms. The van der Waals surface area contributed by atoms with Gasteiger partial charge in [-0.05, 0) is 0 Å². The molecule has 0 aromatic carbocycles. The van der Waals surface area contributed by atoms with Gasteiger partial charge in [0.25, 0.3) is 0 Å². The van der Waals surface area contributed by atoms with Crippen molar-refractivity contribution in [2.75, 3.05) is 0 Å². The fraction of sp³-hybridized carbons (Fsp3) is 1.00. The summed E-state index contributed by atoms with van der Waals surface area (Å²) in [6.45, 7) is 4.38. The van der Waals surface area contributed by atoms with E-state index in [0.717, 1.165) is 3.92 Å². The summed E-state index contributed by atoms with van der Waals surface area (Å²) in [5.41, 5.74) is 5.39. The molecule has 6 heavy (non-hydrogen) atoms. The van der Waals surface area contributed by atoms with Gasteiger partial charge in [0.15, 0.2) is 0 Å². The van der Waals surface area contributed by atoms with Crippen LogP contribution in [0, 0.1) is 0 Å². The van der Waals surface area contributed by atoms with Crippen LogP contribution in [-0.2, 0) is 0 Å². The Labute approximate surface area is 51.1 Å². The van der Waals surface area contributed by atoms with Gasteiger partial charge >= 0.3 is 50.9 Å². The summed E-state index contributed by atoms with van der Waals surface area (Å²) in [4.78, 5) is 0. The van der Waals surface area contributed by atoms with Crippen molar-refractivity contribution in [1.82, 2.24) is 0 Å². The third-order valence-electron chi connectivity index (χ3n) is 0.778. The molecule has 36 valence electrons. The molecule has 0 fully saturated rings. The van der Waals surface area contributed by atoms with Crippen molar-refractivity contribution in [2.45, 2.75) is 24.2 Å². The van der Waals surface area contributed by atoms with Crippen LogP contribution in [0.4, 0.5) is 0 Å². The summed E-state index contributed by atoms with van der Waals surface area (Å²) < 4.78 is 0.823. The fourth-order valence-electron chi connectivity index (χ4n) is 0.0891. The summed E-state index contributed by atoms with van der Waals surface area (Å²) in [5, 5.41) is 0. The molecule has 0 aliphatic carbocycles. The average Bonchev–Trinajstić information content (AvgIpc) is 1.65. The molecule has 1 unspecified atom stereocenters. The Morgan fingerprint density at radius 1 is 1.83 bits per heavy atom. The van der Waals surface area contributed by atoms with E-state index in [1.165, 1.54) is 6.42 Å². The van der Waals surface area contributed by atoms with E-state index < -0.39 is 0 Å². The Kier molecular flexibility index (Phi) is 4.49. The van der Waals surface area contributed by atoms with Gasteiger partial charge in [0.05, 0.1) is 0 Å². The molecular weight excluding hydrogens is 186 g/mol. The Morgan fingerprint density at radius 2 is 2.33 bits per heavy atom. The predicted molar refractivity (Wildman–Crippen MR) is 25.5 cm³/mol. The fourth-order valence-corrected chi connectivity index (χ4v) is 0.598.